The lowest BCUT2D eigenvalue weighted by Crippen LogP contribution is -2.56. The lowest BCUT2D eigenvalue weighted by atomic mass is 10.0. The molecule has 29 heavy (non-hydrogen) atoms. The van der Waals surface area contributed by atoms with Crippen molar-refractivity contribution in [3.8, 4) is 0 Å². The molecule has 1 amide bonds. The second-order valence-corrected chi connectivity index (χ2v) is 8.19. The molecule has 8 nitrogen and oxygen atoms in total. The van der Waals surface area contributed by atoms with Gasteiger partial charge in [0.2, 0.25) is 5.91 Å². The lowest BCUT2D eigenvalue weighted by molar-refractivity contribution is -0.119. The van der Waals surface area contributed by atoms with Gasteiger partial charge in [0, 0.05) is 36.9 Å². The van der Waals surface area contributed by atoms with Crippen LogP contribution in [0.4, 0.5) is 23.0 Å². The fourth-order valence-corrected chi connectivity index (χ4v) is 4.27. The maximum atomic E-state index is 12.8. The molecule has 1 saturated heterocycles. The number of carbonyl (C=O) groups is 1. The van der Waals surface area contributed by atoms with Gasteiger partial charge in [-0.3, -0.25) is 9.00 Å². The molecule has 1 unspecified atom stereocenters. The molecule has 2 aliphatic heterocycles. The van der Waals surface area contributed by atoms with Crippen molar-refractivity contribution in [3.05, 3.63) is 36.4 Å². The van der Waals surface area contributed by atoms with Crippen molar-refractivity contribution in [2.45, 2.75) is 36.7 Å². The molecule has 1 N–H and O–H groups in total. The topological polar surface area (TPSA) is 97.8 Å². The monoisotopic (exact) mass is 415 g/mol. The predicted octanol–water partition coefficient (Wildman–Crippen LogP) is 2.41. The van der Waals surface area contributed by atoms with E-state index in [9.17, 15) is 13.6 Å². The average Bonchev–Trinajstić information content (AvgIpc) is 2.73. The standard InChI is InChI=1S/C20H24N4O4S/c1-13-20(25)23(2)17-7-8-18(21-14-3-5-16(6-4-14)29(26)27)22-19(17)24(13)15-9-11-28-12-10-15/h3-8,13,15H,9-12H2,1-2H3,(H,21,22)(H,26,27)/p-1/t13-/m1/s1. The van der Waals surface area contributed by atoms with E-state index in [4.69, 9.17) is 9.72 Å². The van der Waals surface area contributed by atoms with E-state index in [1.807, 2.05) is 19.1 Å². The SMILES string of the molecule is C[C@@H]1C(=O)N(C)c2ccc(Nc3ccc(S(=O)[O-])cc3)nc2N1C1CCOCC1. The molecule has 2 aliphatic rings. The van der Waals surface area contributed by atoms with Crippen LogP contribution in [0, 0.1) is 0 Å². The molecule has 2 aromatic rings. The zero-order valence-corrected chi connectivity index (χ0v) is 17.1. The first-order chi connectivity index (χ1) is 14.0. The van der Waals surface area contributed by atoms with E-state index < -0.39 is 11.1 Å². The van der Waals surface area contributed by atoms with Gasteiger partial charge in [0.25, 0.3) is 0 Å². The first kappa shape index (κ1) is 19.8. The molecular weight excluding hydrogens is 392 g/mol. The molecule has 1 aromatic heterocycles. The van der Waals surface area contributed by atoms with Gasteiger partial charge < -0.3 is 24.4 Å². The van der Waals surface area contributed by atoms with E-state index in [2.05, 4.69) is 10.2 Å². The van der Waals surface area contributed by atoms with Crippen LogP contribution in [0.25, 0.3) is 0 Å². The zero-order valence-electron chi connectivity index (χ0n) is 16.3. The third-order valence-electron chi connectivity index (χ3n) is 5.47. The highest BCUT2D eigenvalue weighted by atomic mass is 32.2. The summed E-state index contributed by atoms with van der Waals surface area (Å²) in [5.41, 5.74) is 1.51. The molecule has 0 saturated carbocycles. The largest absolute Gasteiger partial charge is 0.768 e. The smallest absolute Gasteiger partial charge is 0.249 e. The zero-order chi connectivity index (χ0) is 20.5. The van der Waals surface area contributed by atoms with Crippen molar-refractivity contribution in [3.63, 3.8) is 0 Å². The summed E-state index contributed by atoms with van der Waals surface area (Å²) in [4.78, 5) is 21.6. The van der Waals surface area contributed by atoms with Gasteiger partial charge in [-0.15, -0.1) is 0 Å². The number of pyridine rings is 1. The van der Waals surface area contributed by atoms with Gasteiger partial charge >= 0.3 is 0 Å². The third kappa shape index (κ3) is 3.85. The van der Waals surface area contributed by atoms with Gasteiger partial charge in [0.15, 0.2) is 5.82 Å². The summed E-state index contributed by atoms with van der Waals surface area (Å²) in [6.07, 6.45) is 1.71. The molecule has 9 heteroatoms. The summed E-state index contributed by atoms with van der Waals surface area (Å²) in [5.74, 6) is 1.45. The maximum absolute atomic E-state index is 12.8. The normalized spacial score (nSPS) is 21.1. The summed E-state index contributed by atoms with van der Waals surface area (Å²) in [6, 6.07) is 10.1. The van der Waals surface area contributed by atoms with Crippen molar-refractivity contribution in [1.82, 2.24) is 4.98 Å². The van der Waals surface area contributed by atoms with Gasteiger partial charge in [0.1, 0.15) is 11.9 Å². The fourth-order valence-electron chi connectivity index (χ4n) is 3.91. The van der Waals surface area contributed by atoms with E-state index in [1.54, 1.807) is 24.1 Å². The Morgan fingerprint density at radius 2 is 1.86 bits per heavy atom. The van der Waals surface area contributed by atoms with Crippen molar-refractivity contribution >= 4 is 40.0 Å². The number of amides is 1. The van der Waals surface area contributed by atoms with E-state index in [0.717, 1.165) is 30.0 Å². The molecule has 4 rings (SSSR count). The minimum absolute atomic E-state index is 0.0488. The van der Waals surface area contributed by atoms with Crippen molar-refractivity contribution in [2.24, 2.45) is 0 Å². The Bertz CT molecular complexity index is 931. The number of nitrogens with one attached hydrogen (secondary N) is 1. The number of anilines is 4. The third-order valence-corrected chi connectivity index (χ3v) is 6.13. The van der Waals surface area contributed by atoms with Gasteiger partial charge in [-0.25, -0.2) is 4.98 Å². The Kier molecular flexibility index (Phi) is 5.53. The van der Waals surface area contributed by atoms with Crippen LogP contribution in [0.15, 0.2) is 41.3 Å². The molecule has 154 valence electrons. The summed E-state index contributed by atoms with van der Waals surface area (Å²) < 4.78 is 27.5. The lowest BCUT2D eigenvalue weighted by Gasteiger charge is -2.44. The average molecular weight is 415 g/mol. The predicted molar refractivity (Wildman–Crippen MR) is 110 cm³/mol. The number of nitrogens with zero attached hydrogens (tertiary/aromatic N) is 3. The van der Waals surface area contributed by atoms with Crippen molar-refractivity contribution in [1.29, 1.82) is 0 Å². The summed E-state index contributed by atoms with van der Waals surface area (Å²) in [6.45, 7) is 3.28. The van der Waals surface area contributed by atoms with Crippen molar-refractivity contribution < 1.29 is 18.3 Å². The highest BCUT2D eigenvalue weighted by molar-refractivity contribution is 7.79. The quantitative estimate of drug-likeness (QED) is 0.766. The van der Waals surface area contributed by atoms with E-state index in [0.29, 0.717) is 19.0 Å². The van der Waals surface area contributed by atoms with Crippen LogP contribution in [0.3, 0.4) is 0 Å². The van der Waals surface area contributed by atoms with Crippen LogP contribution in [0.5, 0.6) is 0 Å². The molecular formula is C20H23N4O4S-. The fraction of sp³-hybridized carbons (Fsp3) is 0.400. The molecule has 1 fully saturated rings. The maximum Gasteiger partial charge on any atom is 0.249 e. The van der Waals surface area contributed by atoms with Gasteiger partial charge in [0.05, 0.1) is 5.69 Å². The van der Waals surface area contributed by atoms with Gasteiger partial charge in [-0.2, -0.15) is 0 Å². The minimum Gasteiger partial charge on any atom is -0.768 e. The van der Waals surface area contributed by atoms with Crippen LogP contribution < -0.4 is 15.1 Å². The highest BCUT2D eigenvalue weighted by Crippen LogP contribution is 2.38. The van der Waals surface area contributed by atoms with E-state index >= 15 is 0 Å². The summed E-state index contributed by atoms with van der Waals surface area (Å²) >= 11 is -2.25. The second kappa shape index (κ2) is 8.10. The Labute approximate surface area is 172 Å². The van der Waals surface area contributed by atoms with Gasteiger partial charge in [-0.1, -0.05) is 0 Å². The Balaban J connectivity index is 1.66. The van der Waals surface area contributed by atoms with E-state index in [1.165, 1.54) is 12.1 Å². The second-order valence-electron chi connectivity index (χ2n) is 7.25. The Morgan fingerprint density at radius 1 is 1.17 bits per heavy atom. The Morgan fingerprint density at radius 3 is 2.52 bits per heavy atom. The number of carbonyl (C=O) groups excluding carboxylic acids is 1. The highest BCUT2D eigenvalue weighted by Gasteiger charge is 2.39. The first-order valence-electron chi connectivity index (χ1n) is 9.57. The van der Waals surface area contributed by atoms with Crippen LogP contribution in [0.2, 0.25) is 0 Å². The van der Waals surface area contributed by atoms with Gasteiger partial charge in [-0.05, 0) is 67.2 Å². The molecule has 1 aromatic carbocycles. The summed E-state index contributed by atoms with van der Waals surface area (Å²) in [5, 5.41) is 3.22. The molecule has 0 aliphatic carbocycles. The van der Waals surface area contributed by atoms with Crippen LogP contribution in [-0.2, 0) is 20.6 Å². The number of aromatic nitrogens is 1. The number of fused-ring (bicyclic) bond motifs is 1. The van der Waals surface area contributed by atoms with Crippen molar-refractivity contribution in [2.75, 3.05) is 35.4 Å². The number of benzene rings is 1. The van der Waals surface area contributed by atoms with Crippen LogP contribution in [-0.4, -0.2) is 52.0 Å². The number of hydrogen-bond acceptors (Lipinski definition) is 7. The van der Waals surface area contributed by atoms with Crippen LogP contribution >= 0.6 is 0 Å². The molecule has 0 spiro atoms. The first-order valence-corrected chi connectivity index (χ1v) is 10.6. The van der Waals surface area contributed by atoms with E-state index in [-0.39, 0.29) is 22.9 Å². The molecule has 2 atom stereocenters. The number of hydrogen-bond donors (Lipinski definition) is 1. The van der Waals surface area contributed by atoms with Crippen LogP contribution in [0.1, 0.15) is 19.8 Å². The minimum atomic E-state index is -2.25. The molecule has 0 radical (unpaired) electrons. The number of likely N-dealkylation sites (N-methyl/N-ethyl adjacent to an activating group) is 1. The number of ether oxygens (including phenoxy) is 1. The summed E-state index contributed by atoms with van der Waals surface area (Å²) in [7, 11) is 1.77. The Hall–Kier alpha value is -2.49. The molecule has 0 bridgehead atoms. The number of rotatable bonds is 4. The molecule has 3 heterocycles.